The molecule has 0 saturated heterocycles. The number of ether oxygens (including phenoxy) is 1. The van der Waals surface area contributed by atoms with Crippen molar-refractivity contribution in [3.8, 4) is 0 Å². The van der Waals surface area contributed by atoms with Gasteiger partial charge in [-0.2, -0.15) is 0 Å². The van der Waals surface area contributed by atoms with Gasteiger partial charge in [0, 0.05) is 9.86 Å². The van der Waals surface area contributed by atoms with Crippen molar-refractivity contribution in [2.24, 2.45) is 0 Å². The van der Waals surface area contributed by atoms with Crippen LogP contribution in [0.1, 0.15) is 22.8 Å². The average molecular weight is 426 g/mol. The number of methoxy groups -OCH3 is 1. The number of benzene rings is 3. The van der Waals surface area contributed by atoms with Crippen molar-refractivity contribution >= 4 is 44.3 Å². The van der Waals surface area contributed by atoms with Gasteiger partial charge in [0.15, 0.2) is 0 Å². The van der Waals surface area contributed by atoms with Gasteiger partial charge in [-0.3, -0.25) is 9.69 Å². The van der Waals surface area contributed by atoms with Gasteiger partial charge in [0.25, 0.3) is 5.91 Å². The SMILES string of the molecule is COC(=O)[C@H](C)N(C(=O)c1ccccc1Br)c1c(C)ccc2ccccc12. The highest BCUT2D eigenvalue weighted by Gasteiger charge is 2.31. The van der Waals surface area contributed by atoms with Crippen molar-refractivity contribution in [1.29, 1.82) is 0 Å². The van der Waals surface area contributed by atoms with Crippen molar-refractivity contribution in [2.75, 3.05) is 12.0 Å². The van der Waals surface area contributed by atoms with Gasteiger partial charge in [-0.25, -0.2) is 4.79 Å². The minimum Gasteiger partial charge on any atom is -0.467 e. The highest BCUT2D eigenvalue weighted by Crippen LogP contribution is 2.34. The summed E-state index contributed by atoms with van der Waals surface area (Å²) in [6, 6.07) is 18.2. The van der Waals surface area contributed by atoms with E-state index >= 15 is 0 Å². The molecule has 0 aromatic heterocycles. The smallest absolute Gasteiger partial charge is 0.328 e. The van der Waals surface area contributed by atoms with Gasteiger partial charge in [0.05, 0.1) is 18.4 Å². The Bertz CT molecular complexity index is 1020. The fourth-order valence-corrected chi connectivity index (χ4v) is 3.65. The predicted octanol–water partition coefficient (Wildman–Crippen LogP) is 5.12. The molecule has 0 aliphatic rings. The number of amides is 1. The lowest BCUT2D eigenvalue weighted by atomic mass is 10.0. The van der Waals surface area contributed by atoms with Gasteiger partial charge in [-0.05, 0) is 52.9 Å². The topological polar surface area (TPSA) is 46.6 Å². The number of anilines is 1. The van der Waals surface area contributed by atoms with E-state index < -0.39 is 12.0 Å². The lowest BCUT2D eigenvalue weighted by Gasteiger charge is -2.30. The number of carbonyl (C=O) groups is 2. The average Bonchev–Trinajstić information content (AvgIpc) is 2.69. The molecule has 0 aliphatic carbocycles. The molecular weight excluding hydrogens is 406 g/mol. The molecule has 27 heavy (non-hydrogen) atoms. The summed E-state index contributed by atoms with van der Waals surface area (Å²) >= 11 is 3.45. The molecule has 0 unspecified atom stereocenters. The number of fused-ring (bicyclic) bond motifs is 1. The monoisotopic (exact) mass is 425 g/mol. The summed E-state index contributed by atoms with van der Waals surface area (Å²) in [5, 5.41) is 1.91. The van der Waals surface area contributed by atoms with Crippen molar-refractivity contribution in [3.63, 3.8) is 0 Å². The second kappa shape index (κ2) is 7.92. The molecule has 0 bridgehead atoms. The number of rotatable bonds is 4. The number of aryl methyl sites for hydroxylation is 1. The van der Waals surface area contributed by atoms with Crippen LogP contribution in [0.2, 0.25) is 0 Å². The summed E-state index contributed by atoms with van der Waals surface area (Å²) in [4.78, 5) is 27.4. The number of esters is 1. The Balaban J connectivity index is 2.26. The third-order valence-corrected chi connectivity index (χ3v) is 5.29. The van der Waals surface area contributed by atoms with Crippen LogP contribution in [0.4, 0.5) is 5.69 Å². The van der Waals surface area contributed by atoms with Crippen LogP contribution in [0, 0.1) is 6.92 Å². The maximum atomic E-state index is 13.5. The summed E-state index contributed by atoms with van der Waals surface area (Å²) in [7, 11) is 1.33. The molecule has 1 amide bonds. The second-order valence-electron chi connectivity index (χ2n) is 6.31. The zero-order valence-electron chi connectivity index (χ0n) is 15.4. The molecule has 0 aliphatic heterocycles. The third-order valence-electron chi connectivity index (χ3n) is 4.60. The van der Waals surface area contributed by atoms with Crippen molar-refractivity contribution < 1.29 is 14.3 Å². The van der Waals surface area contributed by atoms with Gasteiger partial charge < -0.3 is 4.74 Å². The van der Waals surface area contributed by atoms with E-state index in [4.69, 9.17) is 4.74 Å². The summed E-state index contributed by atoms with van der Waals surface area (Å²) in [6.45, 7) is 3.62. The maximum Gasteiger partial charge on any atom is 0.328 e. The second-order valence-corrected chi connectivity index (χ2v) is 7.16. The minimum atomic E-state index is -0.779. The summed E-state index contributed by atoms with van der Waals surface area (Å²) in [5.74, 6) is -0.734. The zero-order valence-corrected chi connectivity index (χ0v) is 17.0. The zero-order chi connectivity index (χ0) is 19.6. The fourth-order valence-electron chi connectivity index (χ4n) is 3.20. The molecule has 5 heteroatoms. The van der Waals surface area contributed by atoms with Gasteiger partial charge in [0.1, 0.15) is 6.04 Å². The first kappa shape index (κ1) is 19.1. The van der Waals surface area contributed by atoms with Crippen LogP contribution in [-0.4, -0.2) is 25.0 Å². The number of halogens is 1. The normalized spacial score (nSPS) is 11.9. The van der Waals surface area contributed by atoms with Gasteiger partial charge in [-0.15, -0.1) is 0 Å². The number of hydrogen-bond donors (Lipinski definition) is 0. The van der Waals surface area contributed by atoms with E-state index in [1.165, 1.54) is 12.0 Å². The molecule has 0 heterocycles. The fraction of sp³-hybridized carbons (Fsp3) is 0.182. The van der Waals surface area contributed by atoms with E-state index in [0.717, 1.165) is 16.3 Å². The first-order chi connectivity index (χ1) is 13.0. The number of carbonyl (C=O) groups excluding carboxylic acids is 2. The number of hydrogen-bond acceptors (Lipinski definition) is 3. The third kappa shape index (κ3) is 3.60. The van der Waals surface area contributed by atoms with Crippen LogP contribution in [0.3, 0.4) is 0 Å². The molecule has 0 spiro atoms. The molecular formula is C22H20BrNO3. The van der Waals surface area contributed by atoms with E-state index in [2.05, 4.69) is 15.9 Å². The van der Waals surface area contributed by atoms with Crippen LogP contribution in [0.5, 0.6) is 0 Å². The molecule has 1 atom stereocenters. The van der Waals surface area contributed by atoms with Gasteiger partial charge in [0.2, 0.25) is 0 Å². The molecule has 138 valence electrons. The molecule has 0 radical (unpaired) electrons. The maximum absolute atomic E-state index is 13.5. The first-order valence-electron chi connectivity index (χ1n) is 8.60. The van der Waals surface area contributed by atoms with Crippen LogP contribution >= 0.6 is 15.9 Å². The Morgan fingerprint density at radius 3 is 2.37 bits per heavy atom. The van der Waals surface area contributed by atoms with E-state index in [-0.39, 0.29) is 5.91 Å². The van der Waals surface area contributed by atoms with Crippen LogP contribution in [0.15, 0.2) is 65.1 Å². The standard InChI is InChI=1S/C22H20BrNO3/c1-14-12-13-16-8-4-5-9-17(16)20(14)24(15(2)22(26)27-3)21(25)18-10-6-7-11-19(18)23/h4-13,15H,1-3H3/t15-/m0/s1. The lowest BCUT2D eigenvalue weighted by molar-refractivity contribution is -0.141. The summed E-state index contributed by atoms with van der Waals surface area (Å²) in [5.41, 5.74) is 2.11. The van der Waals surface area contributed by atoms with E-state index in [9.17, 15) is 9.59 Å². The van der Waals surface area contributed by atoms with Crippen LogP contribution < -0.4 is 4.90 Å². The lowest BCUT2D eigenvalue weighted by Crippen LogP contribution is -2.44. The molecule has 3 aromatic carbocycles. The summed E-state index contributed by atoms with van der Waals surface area (Å²) in [6.07, 6.45) is 0. The molecule has 4 nitrogen and oxygen atoms in total. The highest BCUT2D eigenvalue weighted by atomic mass is 79.9. The Kier molecular flexibility index (Phi) is 5.61. The Morgan fingerprint density at radius 1 is 1.00 bits per heavy atom. The largest absolute Gasteiger partial charge is 0.467 e. The Morgan fingerprint density at radius 2 is 1.67 bits per heavy atom. The summed E-state index contributed by atoms with van der Waals surface area (Å²) < 4.78 is 5.61. The first-order valence-corrected chi connectivity index (χ1v) is 9.39. The minimum absolute atomic E-state index is 0.264. The van der Waals surface area contributed by atoms with Crippen molar-refractivity contribution in [1.82, 2.24) is 0 Å². The van der Waals surface area contributed by atoms with E-state index in [1.54, 1.807) is 19.1 Å². The molecule has 0 fully saturated rings. The number of nitrogens with zero attached hydrogens (tertiary/aromatic N) is 1. The Hall–Kier alpha value is -2.66. The highest BCUT2D eigenvalue weighted by molar-refractivity contribution is 9.10. The van der Waals surface area contributed by atoms with Crippen molar-refractivity contribution in [2.45, 2.75) is 19.9 Å². The predicted molar refractivity (Wildman–Crippen MR) is 111 cm³/mol. The van der Waals surface area contributed by atoms with Crippen LogP contribution in [-0.2, 0) is 9.53 Å². The molecule has 0 N–H and O–H groups in total. The van der Waals surface area contributed by atoms with E-state index in [1.807, 2.05) is 55.5 Å². The van der Waals surface area contributed by atoms with Crippen LogP contribution in [0.25, 0.3) is 10.8 Å². The molecule has 3 rings (SSSR count). The van der Waals surface area contributed by atoms with Gasteiger partial charge >= 0.3 is 5.97 Å². The van der Waals surface area contributed by atoms with Crippen molar-refractivity contribution in [3.05, 3.63) is 76.3 Å². The van der Waals surface area contributed by atoms with E-state index in [0.29, 0.717) is 15.7 Å². The molecule has 3 aromatic rings. The quantitative estimate of drug-likeness (QED) is 0.544. The molecule has 0 saturated carbocycles. The van der Waals surface area contributed by atoms with Gasteiger partial charge in [-0.1, -0.05) is 48.5 Å². The Labute approximate surface area is 166 Å².